The van der Waals surface area contributed by atoms with Gasteiger partial charge in [-0.2, -0.15) is 0 Å². The second kappa shape index (κ2) is 5.75. The second-order valence-corrected chi connectivity index (χ2v) is 4.19. The van der Waals surface area contributed by atoms with Crippen LogP contribution in [0.5, 0.6) is 0 Å². The maximum Gasteiger partial charge on any atom is 0.0757 e. The third kappa shape index (κ3) is 4.56. The van der Waals surface area contributed by atoms with E-state index in [1.54, 1.807) is 14.2 Å². The topological polar surface area (TPSA) is 18.5 Å². The SMILES string of the molecule is C=CCC(Br)(COC)COC. The average Bonchev–Trinajstić information content (AvgIpc) is 1.88. The minimum atomic E-state index is -0.0990. The lowest BCUT2D eigenvalue weighted by Gasteiger charge is -2.23. The van der Waals surface area contributed by atoms with Crippen molar-refractivity contribution in [3.05, 3.63) is 12.7 Å². The normalized spacial score (nSPS) is 11.5. The van der Waals surface area contributed by atoms with E-state index in [2.05, 4.69) is 22.5 Å². The van der Waals surface area contributed by atoms with Gasteiger partial charge in [0.1, 0.15) is 0 Å². The third-order valence-corrected chi connectivity index (χ3v) is 2.10. The first-order valence-corrected chi connectivity index (χ1v) is 4.25. The predicted octanol–water partition coefficient (Wildman–Crippen LogP) is 1.99. The Morgan fingerprint density at radius 1 is 1.36 bits per heavy atom. The molecule has 0 saturated carbocycles. The van der Waals surface area contributed by atoms with Crippen LogP contribution in [-0.4, -0.2) is 31.8 Å². The number of rotatable bonds is 6. The van der Waals surface area contributed by atoms with Crippen LogP contribution in [-0.2, 0) is 9.47 Å². The van der Waals surface area contributed by atoms with Crippen molar-refractivity contribution in [2.75, 3.05) is 27.4 Å². The highest BCUT2D eigenvalue weighted by atomic mass is 79.9. The molecule has 3 heteroatoms. The highest BCUT2D eigenvalue weighted by Crippen LogP contribution is 2.23. The van der Waals surface area contributed by atoms with Crippen molar-refractivity contribution in [2.45, 2.75) is 10.7 Å². The highest BCUT2D eigenvalue weighted by Gasteiger charge is 2.24. The maximum atomic E-state index is 5.04. The summed E-state index contributed by atoms with van der Waals surface area (Å²) in [6, 6.07) is 0. The fourth-order valence-electron chi connectivity index (χ4n) is 0.936. The monoisotopic (exact) mass is 222 g/mol. The van der Waals surface area contributed by atoms with Gasteiger partial charge in [0.15, 0.2) is 0 Å². The smallest absolute Gasteiger partial charge is 0.0757 e. The van der Waals surface area contributed by atoms with Crippen LogP contribution < -0.4 is 0 Å². The highest BCUT2D eigenvalue weighted by molar-refractivity contribution is 9.10. The van der Waals surface area contributed by atoms with E-state index in [-0.39, 0.29) is 4.32 Å². The quantitative estimate of drug-likeness (QED) is 0.506. The first kappa shape index (κ1) is 11.1. The molecule has 0 N–H and O–H groups in total. The number of halogens is 1. The molecule has 0 atom stereocenters. The molecule has 0 aromatic rings. The summed E-state index contributed by atoms with van der Waals surface area (Å²) < 4.78 is 9.98. The summed E-state index contributed by atoms with van der Waals surface area (Å²) in [7, 11) is 3.35. The van der Waals surface area contributed by atoms with Crippen LogP contribution in [0.3, 0.4) is 0 Å². The molecule has 2 nitrogen and oxygen atoms in total. The lowest BCUT2D eigenvalue weighted by Crippen LogP contribution is -2.31. The van der Waals surface area contributed by atoms with E-state index >= 15 is 0 Å². The van der Waals surface area contributed by atoms with Crippen molar-refractivity contribution in [1.29, 1.82) is 0 Å². The van der Waals surface area contributed by atoms with E-state index in [4.69, 9.17) is 9.47 Å². The Kier molecular flexibility index (Phi) is 5.82. The summed E-state index contributed by atoms with van der Waals surface area (Å²) in [5.74, 6) is 0. The van der Waals surface area contributed by atoms with E-state index in [1.807, 2.05) is 6.08 Å². The number of alkyl halides is 1. The summed E-state index contributed by atoms with van der Waals surface area (Å²) in [5, 5.41) is 0. The molecule has 0 fully saturated rings. The molecule has 0 aliphatic heterocycles. The molecule has 0 aliphatic carbocycles. The fourth-order valence-corrected chi connectivity index (χ4v) is 1.62. The Bertz CT molecular complexity index is 109. The van der Waals surface area contributed by atoms with E-state index in [0.29, 0.717) is 13.2 Å². The average molecular weight is 223 g/mol. The van der Waals surface area contributed by atoms with E-state index in [9.17, 15) is 0 Å². The van der Waals surface area contributed by atoms with Crippen LogP contribution in [0.25, 0.3) is 0 Å². The van der Waals surface area contributed by atoms with Gasteiger partial charge in [0.05, 0.1) is 17.5 Å². The van der Waals surface area contributed by atoms with Gasteiger partial charge in [-0.3, -0.25) is 0 Å². The van der Waals surface area contributed by atoms with Gasteiger partial charge in [-0.1, -0.05) is 22.0 Å². The first-order chi connectivity index (χ1) is 5.18. The number of hydrogen-bond acceptors (Lipinski definition) is 2. The summed E-state index contributed by atoms with van der Waals surface area (Å²) in [4.78, 5) is 0. The summed E-state index contributed by atoms with van der Waals surface area (Å²) in [6.07, 6.45) is 2.70. The molecule has 0 radical (unpaired) electrons. The van der Waals surface area contributed by atoms with Crippen molar-refractivity contribution < 1.29 is 9.47 Å². The van der Waals surface area contributed by atoms with Crippen LogP contribution in [0, 0.1) is 0 Å². The largest absolute Gasteiger partial charge is 0.383 e. The van der Waals surface area contributed by atoms with Gasteiger partial charge >= 0.3 is 0 Å². The molecular weight excluding hydrogens is 208 g/mol. The molecule has 0 aromatic heterocycles. The lowest BCUT2D eigenvalue weighted by atomic mass is 10.1. The van der Waals surface area contributed by atoms with Crippen LogP contribution in [0.4, 0.5) is 0 Å². The standard InChI is InChI=1S/C8H15BrO2/c1-4-5-8(9,6-10-2)7-11-3/h4H,1,5-7H2,2-3H3. The van der Waals surface area contributed by atoms with Crippen molar-refractivity contribution >= 4 is 15.9 Å². The zero-order chi connectivity index (χ0) is 8.74. The molecule has 0 unspecified atom stereocenters. The van der Waals surface area contributed by atoms with Crippen molar-refractivity contribution in [2.24, 2.45) is 0 Å². The van der Waals surface area contributed by atoms with Gasteiger partial charge < -0.3 is 9.47 Å². The molecule has 0 heterocycles. The molecule has 0 bridgehead atoms. The van der Waals surface area contributed by atoms with Crippen LogP contribution in [0.15, 0.2) is 12.7 Å². The van der Waals surface area contributed by atoms with Crippen molar-refractivity contribution in [3.63, 3.8) is 0 Å². The molecule has 0 amide bonds. The molecular formula is C8H15BrO2. The van der Waals surface area contributed by atoms with E-state index in [0.717, 1.165) is 6.42 Å². The predicted molar refractivity (Wildman–Crippen MR) is 50.2 cm³/mol. The van der Waals surface area contributed by atoms with Crippen molar-refractivity contribution in [3.8, 4) is 0 Å². The Morgan fingerprint density at radius 2 is 1.82 bits per heavy atom. The number of allylic oxidation sites excluding steroid dienone is 1. The molecule has 0 spiro atoms. The van der Waals surface area contributed by atoms with Gasteiger partial charge in [0, 0.05) is 14.2 Å². The molecule has 11 heavy (non-hydrogen) atoms. The summed E-state index contributed by atoms with van der Waals surface area (Å²) in [6.45, 7) is 4.93. The Balaban J connectivity index is 3.88. The molecule has 66 valence electrons. The second-order valence-electron chi connectivity index (χ2n) is 2.51. The van der Waals surface area contributed by atoms with Gasteiger partial charge in [-0.05, 0) is 6.42 Å². The van der Waals surface area contributed by atoms with Crippen LogP contribution in [0.1, 0.15) is 6.42 Å². The zero-order valence-electron chi connectivity index (χ0n) is 7.10. The Labute approximate surface area is 76.7 Å². The molecule has 0 saturated heterocycles. The number of hydrogen-bond donors (Lipinski definition) is 0. The summed E-state index contributed by atoms with van der Waals surface area (Å²) >= 11 is 3.54. The van der Waals surface area contributed by atoms with Gasteiger partial charge in [-0.25, -0.2) is 0 Å². The minimum Gasteiger partial charge on any atom is -0.383 e. The van der Waals surface area contributed by atoms with Crippen molar-refractivity contribution in [1.82, 2.24) is 0 Å². The molecule has 0 rings (SSSR count). The first-order valence-electron chi connectivity index (χ1n) is 3.46. The number of ether oxygens (including phenoxy) is 2. The van der Waals surface area contributed by atoms with Crippen LogP contribution >= 0.6 is 15.9 Å². The van der Waals surface area contributed by atoms with E-state index < -0.39 is 0 Å². The summed E-state index contributed by atoms with van der Waals surface area (Å²) in [5.41, 5.74) is 0. The van der Waals surface area contributed by atoms with Gasteiger partial charge in [0.2, 0.25) is 0 Å². The zero-order valence-corrected chi connectivity index (χ0v) is 8.69. The molecule has 0 aromatic carbocycles. The minimum absolute atomic E-state index is 0.0990. The maximum absolute atomic E-state index is 5.04. The Hall–Kier alpha value is 0.140. The third-order valence-electron chi connectivity index (χ3n) is 1.32. The fraction of sp³-hybridized carbons (Fsp3) is 0.750. The van der Waals surface area contributed by atoms with E-state index in [1.165, 1.54) is 0 Å². The number of methoxy groups -OCH3 is 2. The van der Waals surface area contributed by atoms with Gasteiger partial charge in [-0.15, -0.1) is 6.58 Å². The Morgan fingerprint density at radius 3 is 2.09 bits per heavy atom. The van der Waals surface area contributed by atoms with Gasteiger partial charge in [0.25, 0.3) is 0 Å². The lowest BCUT2D eigenvalue weighted by molar-refractivity contribution is 0.107. The molecule has 0 aliphatic rings. The van der Waals surface area contributed by atoms with Crippen LogP contribution in [0.2, 0.25) is 0 Å².